The largest absolute Gasteiger partial charge is 0.386 e. The highest BCUT2D eigenvalue weighted by Gasteiger charge is 2.07. The summed E-state index contributed by atoms with van der Waals surface area (Å²) in [4.78, 5) is 0. The van der Waals surface area contributed by atoms with Crippen LogP contribution in [0.15, 0.2) is 24.3 Å². The molecule has 0 heterocycles. The maximum absolute atomic E-state index is 12.0. The summed E-state index contributed by atoms with van der Waals surface area (Å²) in [7, 11) is 0. The Morgan fingerprint density at radius 2 is 2.09 bits per heavy atom. The number of aryl methyl sites for hydroxylation is 1. The highest BCUT2D eigenvalue weighted by atomic mass is 19.1. The van der Waals surface area contributed by atoms with E-state index in [1.807, 2.05) is 19.1 Å². The number of benzene rings is 1. The van der Waals surface area contributed by atoms with Crippen molar-refractivity contribution in [1.82, 2.24) is 0 Å². The molecular formula is C9H11FO. The van der Waals surface area contributed by atoms with Gasteiger partial charge >= 0.3 is 0 Å². The lowest BCUT2D eigenvalue weighted by Gasteiger charge is -2.08. The standard InChI is InChI=1S/C9H11FO/c1-7-4-2-3-5-8(7)9(11)6-10/h2-5,9,11H,6H2,1H3. The van der Waals surface area contributed by atoms with Crippen LogP contribution >= 0.6 is 0 Å². The van der Waals surface area contributed by atoms with Crippen molar-refractivity contribution in [3.05, 3.63) is 35.4 Å². The normalized spacial score (nSPS) is 13.0. The Kier molecular flexibility index (Phi) is 2.60. The lowest BCUT2D eigenvalue weighted by atomic mass is 10.0. The molecule has 1 unspecified atom stereocenters. The number of aliphatic hydroxyl groups excluding tert-OH is 1. The summed E-state index contributed by atoms with van der Waals surface area (Å²) in [5.74, 6) is 0. The van der Waals surface area contributed by atoms with Gasteiger partial charge in [-0.25, -0.2) is 4.39 Å². The van der Waals surface area contributed by atoms with E-state index in [0.29, 0.717) is 5.56 Å². The van der Waals surface area contributed by atoms with Gasteiger partial charge in [-0.05, 0) is 18.1 Å². The van der Waals surface area contributed by atoms with E-state index in [0.717, 1.165) is 5.56 Å². The van der Waals surface area contributed by atoms with Crippen molar-refractivity contribution < 1.29 is 9.50 Å². The molecule has 0 aliphatic rings. The summed E-state index contributed by atoms with van der Waals surface area (Å²) in [5, 5.41) is 9.14. The molecule has 0 spiro atoms. The molecule has 0 aliphatic heterocycles. The minimum absolute atomic E-state index is 0.676. The lowest BCUT2D eigenvalue weighted by Crippen LogP contribution is -2.00. The fourth-order valence-corrected chi connectivity index (χ4v) is 1.04. The zero-order valence-corrected chi connectivity index (χ0v) is 6.42. The molecule has 11 heavy (non-hydrogen) atoms. The Hall–Kier alpha value is -0.890. The zero-order chi connectivity index (χ0) is 8.27. The van der Waals surface area contributed by atoms with Crippen LogP contribution in [0.5, 0.6) is 0 Å². The Bertz CT molecular complexity index is 235. The first-order valence-corrected chi connectivity index (χ1v) is 3.55. The molecule has 1 rings (SSSR count). The van der Waals surface area contributed by atoms with Gasteiger partial charge in [-0.1, -0.05) is 24.3 Å². The van der Waals surface area contributed by atoms with Crippen LogP contribution in [0.3, 0.4) is 0 Å². The molecule has 1 aromatic rings. The third kappa shape index (κ3) is 1.77. The second-order valence-electron chi connectivity index (χ2n) is 2.53. The Balaban J connectivity index is 2.93. The minimum atomic E-state index is -0.962. The first-order chi connectivity index (χ1) is 5.25. The van der Waals surface area contributed by atoms with Crippen LogP contribution in [0.25, 0.3) is 0 Å². The third-order valence-electron chi connectivity index (χ3n) is 1.69. The maximum Gasteiger partial charge on any atom is 0.119 e. The van der Waals surface area contributed by atoms with Crippen molar-refractivity contribution in [3.8, 4) is 0 Å². The average Bonchev–Trinajstić information content (AvgIpc) is 2.04. The number of hydrogen-bond acceptors (Lipinski definition) is 1. The van der Waals surface area contributed by atoms with Gasteiger partial charge in [0, 0.05) is 0 Å². The second kappa shape index (κ2) is 3.49. The molecule has 0 saturated carbocycles. The summed E-state index contributed by atoms with van der Waals surface area (Å²) in [6.07, 6.45) is -0.962. The first-order valence-electron chi connectivity index (χ1n) is 3.55. The number of alkyl halides is 1. The van der Waals surface area contributed by atoms with Crippen LogP contribution in [0.1, 0.15) is 17.2 Å². The fourth-order valence-electron chi connectivity index (χ4n) is 1.04. The van der Waals surface area contributed by atoms with Gasteiger partial charge in [0.2, 0.25) is 0 Å². The van der Waals surface area contributed by atoms with Gasteiger partial charge in [0.15, 0.2) is 0 Å². The van der Waals surface area contributed by atoms with E-state index in [1.165, 1.54) is 0 Å². The number of halogens is 1. The van der Waals surface area contributed by atoms with Crippen LogP contribution in [0.2, 0.25) is 0 Å². The highest BCUT2D eigenvalue weighted by molar-refractivity contribution is 5.27. The number of rotatable bonds is 2. The molecule has 1 nitrogen and oxygen atoms in total. The first kappa shape index (κ1) is 8.21. The van der Waals surface area contributed by atoms with Gasteiger partial charge in [0.05, 0.1) is 0 Å². The van der Waals surface area contributed by atoms with E-state index < -0.39 is 12.8 Å². The van der Waals surface area contributed by atoms with E-state index >= 15 is 0 Å². The summed E-state index contributed by atoms with van der Waals surface area (Å²) in [6, 6.07) is 7.25. The molecule has 0 aromatic heterocycles. The predicted octanol–water partition coefficient (Wildman–Crippen LogP) is 2.00. The SMILES string of the molecule is Cc1ccccc1C(O)CF. The highest BCUT2D eigenvalue weighted by Crippen LogP contribution is 2.16. The van der Waals surface area contributed by atoms with Gasteiger partial charge in [-0.3, -0.25) is 0 Å². The van der Waals surface area contributed by atoms with Crippen LogP contribution in [-0.4, -0.2) is 11.8 Å². The topological polar surface area (TPSA) is 20.2 Å². The van der Waals surface area contributed by atoms with Crippen LogP contribution < -0.4 is 0 Å². The molecule has 2 heteroatoms. The predicted molar refractivity (Wildman–Crippen MR) is 42.1 cm³/mol. The third-order valence-corrected chi connectivity index (χ3v) is 1.69. The second-order valence-corrected chi connectivity index (χ2v) is 2.53. The average molecular weight is 154 g/mol. The van der Waals surface area contributed by atoms with E-state index in [4.69, 9.17) is 5.11 Å². The molecule has 1 atom stereocenters. The van der Waals surface area contributed by atoms with Crippen LogP contribution in [-0.2, 0) is 0 Å². The Labute approximate surface area is 65.5 Å². The van der Waals surface area contributed by atoms with Crippen molar-refractivity contribution in [1.29, 1.82) is 0 Å². The van der Waals surface area contributed by atoms with Gasteiger partial charge in [-0.15, -0.1) is 0 Å². The molecule has 1 aromatic carbocycles. The van der Waals surface area contributed by atoms with E-state index in [-0.39, 0.29) is 0 Å². The monoisotopic (exact) mass is 154 g/mol. The fraction of sp³-hybridized carbons (Fsp3) is 0.333. The molecule has 1 N–H and O–H groups in total. The molecule has 0 saturated heterocycles. The molecule has 0 aliphatic carbocycles. The van der Waals surface area contributed by atoms with Crippen molar-refractivity contribution >= 4 is 0 Å². The van der Waals surface area contributed by atoms with Gasteiger partial charge in [-0.2, -0.15) is 0 Å². The number of aliphatic hydroxyl groups is 1. The molecule has 0 amide bonds. The van der Waals surface area contributed by atoms with Crippen LogP contribution in [0.4, 0.5) is 4.39 Å². The van der Waals surface area contributed by atoms with Crippen LogP contribution in [0, 0.1) is 6.92 Å². The smallest absolute Gasteiger partial charge is 0.119 e. The van der Waals surface area contributed by atoms with E-state index in [9.17, 15) is 4.39 Å². The Morgan fingerprint density at radius 3 is 2.64 bits per heavy atom. The van der Waals surface area contributed by atoms with E-state index in [2.05, 4.69) is 0 Å². The lowest BCUT2D eigenvalue weighted by molar-refractivity contribution is 0.141. The molecule has 0 bridgehead atoms. The summed E-state index contributed by atoms with van der Waals surface area (Å²) in [5.41, 5.74) is 1.60. The van der Waals surface area contributed by atoms with E-state index in [1.54, 1.807) is 12.1 Å². The van der Waals surface area contributed by atoms with Gasteiger partial charge in [0.1, 0.15) is 12.8 Å². The summed E-state index contributed by atoms with van der Waals surface area (Å²) >= 11 is 0. The zero-order valence-electron chi connectivity index (χ0n) is 6.42. The number of hydrogen-bond donors (Lipinski definition) is 1. The van der Waals surface area contributed by atoms with Crippen molar-refractivity contribution in [2.24, 2.45) is 0 Å². The quantitative estimate of drug-likeness (QED) is 0.690. The van der Waals surface area contributed by atoms with Gasteiger partial charge < -0.3 is 5.11 Å². The molecular weight excluding hydrogens is 143 g/mol. The minimum Gasteiger partial charge on any atom is -0.386 e. The molecule has 0 radical (unpaired) electrons. The molecule has 0 fully saturated rings. The Morgan fingerprint density at radius 1 is 1.45 bits per heavy atom. The summed E-state index contributed by atoms with van der Waals surface area (Å²) in [6.45, 7) is 1.14. The maximum atomic E-state index is 12.0. The van der Waals surface area contributed by atoms with Crippen molar-refractivity contribution in [2.75, 3.05) is 6.67 Å². The summed E-state index contributed by atoms with van der Waals surface area (Å²) < 4.78 is 12.0. The van der Waals surface area contributed by atoms with Crippen molar-refractivity contribution in [2.45, 2.75) is 13.0 Å². The molecule has 60 valence electrons. The van der Waals surface area contributed by atoms with Crippen molar-refractivity contribution in [3.63, 3.8) is 0 Å². The van der Waals surface area contributed by atoms with Gasteiger partial charge in [0.25, 0.3) is 0 Å².